The highest BCUT2D eigenvalue weighted by molar-refractivity contribution is 7.80. The average Bonchev–Trinajstić information content (AvgIpc) is 3.31. The zero-order valence-electron chi connectivity index (χ0n) is 18.9. The molecule has 0 amide bonds. The van der Waals surface area contributed by atoms with E-state index in [4.69, 9.17) is 17.0 Å². The van der Waals surface area contributed by atoms with Crippen LogP contribution in [-0.2, 0) is 7.05 Å². The van der Waals surface area contributed by atoms with Gasteiger partial charge in [-0.25, -0.2) is 0 Å². The first-order chi connectivity index (χ1) is 16.0. The van der Waals surface area contributed by atoms with Crippen molar-refractivity contribution >= 4 is 23.0 Å². The van der Waals surface area contributed by atoms with Gasteiger partial charge in [-0.05, 0) is 86.2 Å². The summed E-state index contributed by atoms with van der Waals surface area (Å²) in [6, 6.07) is 26.1. The van der Waals surface area contributed by atoms with Crippen molar-refractivity contribution in [1.29, 1.82) is 0 Å². The third-order valence-corrected chi connectivity index (χ3v) is 6.64. The topological polar surface area (TPSA) is 42.3 Å². The second-order valence-electron chi connectivity index (χ2n) is 8.29. The number of hydrogen-bond donors (Lipinski definition) is 1. The van der Waals surface area contributed by atoms with Gasteiger partial charge >= 0.3 is 0 Å². The summed E-state index contributed by atoms with van der Waals surface area (Å²) in [7, 11) is 2.10. The number of anilines is 1. The highest BCUT2D eigenvalue weighted by Gasteiger charge is 2.42. The van der Waals surface area contributed by atoms with Gasteiger partial charge in [0.15, 0.2) is 5.11 Å². The van der Waals surface area contributed by atoms with Gasteiger partial charge in [0.2, 0.25) is 0 Å². The number of benzene rings is 2. The molecule has 0 spiro atoms. The second-order valence-corrected chi connectivity index (χ2v) is 8.68. The lowest BCUT2D eigenvalue weighted by molar-refractivity contribution is 0.482. The van der Waals surface area contributed by atoms with Crippen LogP contribution in [0.15, 0.2) is 85.1 Å². The summed E-state index contributed by atoms with van der Waals surface area (Å²) in [5, 5.41) is 4.22. The van der Waals surface area contributed by atoms with Crippen LogP contribution in [0.2, 0.25) is 0 Å². The highest BCUT2D eigenvalue weighted by Crippen LogP contribution is 2.43. The molecule has 0 saturated carbocycles. The maximum atomic E-state index is 5.98. The van der Waals surface area contributed by atoms with Gasteiger partial charge < -0.3 is 19.5 Å². The van der Waals surface area contributed by atoms with Gasteiger partial charge in [0, 0.05) is 30.3 Å². The number of rotatable bonds is 5. The summed E-state index contributed by atoms with van der Waals surface area (Å²) < 4.78 is 8.21. The molecular formula is C27H26N4OS. The fourth-order valence-electron chi connectivity index (χ4n) is 4.43. The Morgan fingerprint density at radius 2 is 1.61 bits per heavy atom. The monoisotopic (exact) mass is 454 g/mol. The largest absolute Gasteiger partial charge is 0.457 e. The smallest absolute Gasteiger partial charge is 0.174 e. The van der Waals surface area contributed by atoms with E-state index in [2.05, 4.69) is 64.9 Å². The molecule has 2 aromatic heterocycles. The van der Waals surface area contributed by atoms with E-state index in [1.807, 2.05) is 60.8 Å². The van der Waals surface area contributed by atoms with Gasteiger partial charge in [-0.3, -0.25) is 4.98 Å². The Morgan fingerprint density at radius 3 is 2.24 bits per heavy atom. The number of aromatic nitrogens is 2. The van der Waals surface area contributed by atoms with Crippen LogP contribution >= 0.6 is 12.2 Å². The van der Waals surface area contributed by atoms with Crippen molar-refractivity contribution < 1.29 is 4.74 Å². The third-order valence-electron chi connectivity index (χ3n) is 6.32. The van der Waals surface area contributed by atoms with Crippen molar-refractivity contribution in [1.82, 2.24) is 14.9 Å². The average molecular weight is 455 g/mol. The standard InChI is InChI=1S/C27H26N4OS/c1-18-17-23(19(2)30(18)3)26-25(24-11-7-8-16-28-24)29-27(33)31(26)20-12-14-22(15-13-20)32-21-9-5-4-6-10-21/h4-17,25-26H,1-3H3,(H,29,33)/t25-,26+/m1/s1. The first kappa shape index (κ1) is 21.2. The maximum absolute atomic E-state index is 5.98. The molecule has 33 heavy (non-hydrogen) atoms. The van der Waals surface area contributed by atoms with E-state index in [0.29, 0.717) is 5.11 Å². The van der Waals surface area contributed by atoms with Gasteiger partial charge in [-0.2, -0.15) is 0 Å². The van der Waals surface area contributed by atoms with Crippen molar-refractivity contribution in [2.24, 2.45) is 7.05 Å². The minimum Gasteiger partial charge on any atom is -0.457 e. The van der Waals surface area contributed by atoms with Crippen LogP contribution in [0.1, 0.15) is 34.7 Å². The second kappa shape index (κ2) is 8.71. The van der Waals surface area contributed by atoms with Gasteiger partial charge in [0.05, 0.1) is 17.8 Å². The quantitative estimate of drug-likeness (QED) is 0.374. The third kappa shape index (κ3) is 3.98. The fourth-order valence-corrected chi connectivity index (χ4v) is 4.78. The molecule has 5 nitrogen and oxygen atoms in total. The van der Waals surface area contributed by atoms with Crippen LogP contribution in [0.3, 0.4) is 0 Å². The number of thiocarbonyl (C=S) groups is 1. The van der Waals surface area contributed by atoms with E-state index >= 15 is 0 Å². The van der Waals surface area contributed by atoms with Crippen LogP contribution in [0.25, 0.3) is 0 Å². The van der Waals surface area contributed by atoms with Gasteiger partial charge in [-0.15, -0.1) is 0 Å². The summed E-state index contributed by atoms with van der Waals surface area (Å²) in [6.07, 6.45) is 1.83. The van der Waals surface area contributed by atoms with Crippen LogP contribution in [-0.4, -0.2) is 14.7 Å². The van der Waals surface area contributed by atoms with Crippen molar-refractivity contribution in [2.75, 3.05) is 4.90 Å². The maximum Gasteiger partial charge on any atom is 0.174 e. The predicted octanol–water partition coefficient (Wildman–Crippen LogP) is 6.01. The molecule has 1 aliphatic heterocycles. The number of ether oxygens (including phenoxy) is 1. The molecule has 6 heteroatoms. The molecule has 1 fully saturated rings. The number of pyridine rings is 1. The number of nitrogens with zero attached hydrogens (tertiary/aromatic N) is 3. The predicted molar refractivity (Wildman–Crippen MR) is 136 cm³/mol. The number of aryl methyl sites for hydroxylation is 1. The zero-order valence-corrected chi connectivity index (χ0v) is 19.7. The van der Waals surface area contributed by atoms with Crippen molar-refractivity contribution in [3.05, 3.63) is 108 Å². The molecule has 1 N–H and O–H groups in total. The van der Waals surface area contributed by atoms with Gasteiger partial charge in [0.1, 0.15) is 11.5 Å². The Morgan fingerprint density at radius 1 is 0.909 bits per heavy atom. The Labute approximate surface area is 199 Å². The molecule has 3 heterocycles. The highest BCUT2D eigenvalue weighted by atomic mass is 32.1. The Balaban J connectivity index is 1.53. The summed E-state index contributed by atoms with van der Waals surface area (Å²) in [5.41, 5.74) is 5.66. The molecule has 2 aromatic carbocycles. The summed E-state index contributed by atoms with van der Waals surface area (Å²) in [4.78, 5) is 6.84. The van der Waals surface area contributed by atoms with Crippen LogP contribution in [0.5, 0.6) is 11.5 Å². The zero-order chi connectivity index (χ0) is 22.9. The summed E-state index contributed by atoms with van der Waals surface area (Å²) in [6.45, 7) is 4.29. The minimum atomic E-state index is -0.0561. The Kier molecular flexibility index (Phi) is 5.60. The molecule has 1 aliphatic rings. The molecule has 5 rings (SSSR count). The number of nitrogens with one attached hydrogen (secondary N) is 1. The molecule has 166 valence electrons. The number of para-hydroxylation sites is 1. The van der Waals surface area contributed by atoms with Crippen molar-refractivity contribution in [3.63, 3.8) is 0 Å². The molecule has 0 bridgehead atoms. The molecule has 0 aliphatic carbocycles. The molecule has 2 atom stereocenters. The Hall–Kier alpha value is -3.64. The van der Waals surface area contributed by atoms with Crippen LogP contribution in [0, 0.1) is 13.8 Å². The van der Waals surface area contributed by atoms with E-state index in [-0.39, 0.29) is 12.1 Å². The minimum absolute atomic E-state index is 0.0202. The normalized spacial score (nSPS) is 17.8. The van der Waals surface area contributed by atoms with E-state index in [1.165, 1.54) is 17.0 Å². The van der Waals surface area contributed by atoms with Crippen LogP contribution < -0.4 is 15.0 Å². The van der Waals surface area contributed by atoms with E-state index in [0.717, 1.165) is 22.9 Å². The molecule has 1 saturated heterocycles. The van der Waals surface area contributed by atoms with Crippen molar-refractivity contribution in [2.45, 2.75) is 25.9 Å². The first-order valence-corrected chi connectivity index (χ1v) is 11.4. The van der Waals surface area contributed by atoms with E-state index < -0.39 is 0 Å². The van der Waals surface area contributed by atoms with E-state index in [1.54, 1.807) is 0 Å². The lowest BCUT2D eigenvalue weighted by atomic mass is 9.96. The Bertz CT molecular complexity index is 1270. The SMILES string of the molecule is Cc1cc([C@H]2[C@@H](c3ccccn3)NC(=S)N2c2ccc(Oc3ccccc3)cc2)c(C)n1C. The van der Waals surface area contributed by atoms with Gasteiger partial charge in [0.25, 0.3) is 0 Å². The van der Waals surface area contributed by atoms with Gasteiger partial charge in [-0.1, -0.05) is 24.3 Å². The molecule has 0 radical (unpaired) electrons. The molecule has 4 aromatic rings. The fraction of sp³-hybridized carbons (Fsp3) is 0.185. The molecular weight excluding hydrogens is 428 g/mol. The summed E-state index contributed by atoms with van der Waals surface area (Å²) >= 11 is 5.85. The summed E-state index contributed by atoms with van der Waals surface area (Å²) in [5.74, 6) is 1.60. The van der Waals surface area contributed by atoms with E-state index in [9.17, 15) is 0 Å². The van der Waals surface area contributed by atoms with Crippen LogP contribution in [0.4, 0.5) is 5.69 Å². The van der Waals surface area contributed by atoms with Crippen molar-refractivity contribution in [3.8, 4) is 11.5 Å². The lowest BCUT2D eigenvalue weighted by Gasteiger charge is -2.28. The number of hydrogen-bond acceptors (Lipinski definition) is 3. The lowest BCUT2D eigenvalue weighted by Crippen LogP contribution is -2.29. The molecule has 0 unspecified atom stereocenters. The first-order valence-electron chi connectivity index (χ1n) is 11.0.